The number of anilines is 1. The highest BCUT2D eigenvalue weighted by atomic mass is 32.1. The number of pyridine rings is 1. The molecule has 0 radical (unpaired) electrons. The highest BCUT2D eigenvalue weighted by Crippen LogP contribution is 2.41. The van der Waals surface area contributed by atoms with Gasteiger partial charge in [-0.3, -0.25) is 14.3 Å². The molecule has 1 saturated heterocycles. The van der Waals surface area contributed by atoms with Crippen LogP contribution in [-0.4, -0.2) is 37.0 Å². The standard InChI is InChI=1S/C27H28N6OS2/c1-17-7-9-20(10-8-17)30-23(34)11-14-32-25(24(31-26(32)35)22-6-4-5-12-28-22)21-16-18(2)33(19(21)3)27-29-13-15-36-27/h4-10,12-13,15-16,24-25H,11,14H2,1-3H3,(H,30,34)(H,31,35)/t24-,25+/m1/s1. The number of carbonyl (C=O) groups excluding carboxylic acids is 1. The lowest BCUT2D eigenvalue weighted by Crippen LogP contribution is -2.32. The zero-order valence-corrected chi connectivity index (χ0v) is 22.1. The maximum Gasteiger partial charge on any atom is 0.226 e. The van der Waals surface area contributed by atoms with E-state index in [1.165, 1.54) is 0 Å². The highest BCUT2D eigenvalue weighted by molar-refractivity contribution is 7.80. The number of aromatic nitrogens is 3. The Morgan fingerprint density at radius 2 is 1.92 bits per heavy atom. The monoisotopic (exact) mass is 516 g/mol. The molecular weight excluding hydrogens is 488 g/mol. The second-order valence-electron chi connectivity index (χ2n) is 8.96. The summed E-state index contributed by atoms with van der Waals surface area (Å²) in [6.07, 6.45) is 3.93. The number of rotatable bonds is 7. The molecule has 0 saturated carbocycles. The van der Waals surface area contributed by atoms with Gasteiger partial charge in [0.2, 0.25) is 5.91 Å². The van der Waals surface area contributed by atoms with Gasteiger partial charge in [0.05, 0.1) is 17.8 Å². The van der Waals surface area contributed by atoms with Crippen molar-refractivity contribution in [3.05, 3.63) is 94.5 Å². The van der Waals surface area contributed by atoms with Gasteiger partial charge in [-0.1, -0.05) is 23.8 Å². The number of nitrogens with one attached hydrogen (secondary N) is 2. The first-order valence-electron chi connectivity index (χ1n) is 11.9. The normalized spacial score (nSPS) is 17.3. The van der Waals surface area contributed by atoms with E-state index < -0.39 is 0 Å². The summed E-state index contributed by atoms with van der Waals surface area (Å²) in [5.74, 6) is -0.0463. The quantitative estimate of drug-likeness (QED) is 0.327. The van der Waals surface area contributed by atoms with E-state index in [4.69, 9.17) is 12.2 Å². The van der Waals surface area contributed by atoms with E-state index in [0.29, 0.717) is 18.1 Å². The van der Waals surface area contributed by atoms with Crippen molar-refractivity contribution < 1.29 is 4.79 Å². The first-order chi connectivity index (χ1) is 17.4. The van der Waals surface area contributed by atoms with Gasteiger partial charge < -0.3 is 15.5 Å². The molecule has 1 amide bonds. The maximum atomic E-state index is 12.8. The minimum Gasteiger partial charge on any atom is -0.352 e. The zero-order valence-electron chi connectivity index (χ0n) is 20.4. The molecule has 5 rings (SSSR count). The number of benzene rings is 1. The topological polar surface area (TPSA) is 75.1 Å². The van der Waals surface area contributed by atoms with Crippen molar-refractivity contribution in [1.82, 2.24) is 24.8 Å². The number of nitrogens with zero attached hydrogens (tertiary/aromatic N) is 4. The molecule has 3 aromatic heterocycles. The van der Waals surface area contributed by atoms with Crippen LogP contribution in [-0.2, 0) is 4.79 Å². The van der Waals surface area contributed by atoms with Gasteiger partial charge in [-0.25, -0.2) is 4.98 Å². The largest absolute Gasteiger partial charge is 0.352 e. The van der Waals surface area contributed by atoms with E-state index in [0.717, 1.165) is 39.0 Å². The minimum absolute atomic E-state index is 0.0463. The fourth-order valence-electron chi connectivity index (χ4n) is 4.77. The average Bonchev–Trinajstić information content (AvgIpc) is 3.58. The summed E-state index contributed by atoms with van der Waals surface area (Å²) in [7, 11) is 0. The minimum atomic E-state index is -0.135. The molecule has 0 spiro atoms. The Morgan fingerprint density at radius 1 is 1.11 bits per heavy atom. The van der Waals surface area contributed by atoms with Gasteiger partial charge in [0.25, 0.3) is 0 Å². The number of aryl methyl sites for hydroxylation is 2. The maximum absolute atomic E-state index is 12.8. The Bertz CT molecular complexity index is 1370. The lowest BCUT2D eigenvalue weighted by Gasteiger charge is -2.28. The second kappa shape index (κ2) is 10.2. The summed E-state index contributed by atoms with van der Waals surface area (Å²) in [5.41, 5.74) is 6.21. The zero-order chi connectivity index (χ0) is 25.2. The van der Waals surface area contributed by atoms with Crippen molar-refractivity contribution in [2.75, 3.05) is 11.9 Å². The molecule has 1 aliphatic heterocycles. The van der Waals surface area contributed by atoms with Crippen LogP contribution in [0.1, 0.15) is 46.7 Å². The molecule has 2 N–H and O–H groups in total. The van der Waals surface area contributed by atoms with Gasteiger partial charge in [0.15, 0.2) is 10.2 Å². The number of hydrogen-bond donors (Lipinski definition) is 2. The fraction of sp³-hybridized carbons (Fsp3) is 0.259. The van der Waals surface area contributed by atoms with E-state index in [-0.39, 0.29) is 18.0 Å². The van der Waals surface area contributed by atoms with Gasteiger partial charge in [0, 0.05) is 47.8 Å². The molecule has 0 aliphatic carbocycles. The number of hydrogen-bond acceptors (Lipinski definition) is 5. The second-order valence-corrected chi connectivity index (χ2v) is 10.2. The summed E-state index contributed by atoms with van der Waals surface area (Å²) in [4.78, 5) is 24.1. The van der Waals surface area contributed by atoms with Gasteiger partial charge >= 0.3 is 0 Å². The number of thiazole rings is 1. The van der Waals surface area contributed by atoms with Crippen LogP contribution < -0.4 is 10.6 Å². The predicted molar refractivity (Wildman–Crippen MR) is 147 cm³/mol. The summed E-state index contributed by atoms with van der Waals surface area (Å²) in [6, 6.07) is 15.7. The first kappa shape index (κ1) is 24.1. The molecular formula is C27H28N6OS2. The van der Waals surface area contributed by atoms with E-state index in [1.807, 2.05) is 61.0 Å². The molecule has 7 nitrogen and oxygen atoms in total. The molecule has 1 aliphatic rings. The summed E-state index contributed by atoms with van der Waals surface area (Å²) in [5, 5.41) is 10.0. The van der Waals surface area contributed by atoms with Crippen molar-refractivity contribution in [3.63, 3.8) is 0 Å². The SMILES string of the molecule is Cc1ccc(NC(=O)CCN2C(=S)N[C@H](c3ccccn3)[C@@H]2c2cc(C)n(-c3nccs3)c2C)cc1. The molecule has 0 unspecified atom stereocenters. The van der Waals surface area contributed by atoms with Crippen molar-refractivity contribution >= 4 is 40.3 Å². The Kier molecular flexibility index (Phi) is 6.84. The summed E-state index contributed by atoms with van der Waals surface area (Å²) >= 11 is 7.40. The van der Waals surface area contributed by atoms with Crippen LogP contribution >= 0.6 is 23.6 Å². The molecule has 4 aromatic rings. The molecule has 0 bridgehead atoms. The van der Waals surface area contributed by atoms with Crippen molar-refractivity contribution in [3.8, 4) is 5.13 Å². The van der Waals surface area contributed by atoms with Crippen LogP contribution in [0, 0.1) is 20.8 Å². The Balaban J connectivity index is 1.44. The number of amides is 1. The van der Waals surface area contributed by atoms with Crippen LogP contribution in [0.15, 0.2) is 66.3 Å². The predicted octanol–water partition coefficient (Wildman–Crippen LogP) is 5.26. The van der Waals surface area contributed by atoms with Crippen LogP contribution in [0.4, 0.5) is 5.69 Å². The van der Waals surface area contributed by atoms with Crippen molar-refractivity contribution in [2.24, 2.45) is 0 Å². The van der Waals surface area contributed by atoms with Crippen LogP contribution in [0.25, 0.3) is 5.13 Å². The highest BCUT2D eigenvalue weighted by Gasteiger charge is 2.41. The van der Waals surface area contributed by atoms with Gasteiger partial charge in [0.1, 0.15) is 0 Å². The Morgan fingerprint density at radius 3 is 2.61 bits per heavy atom. The van der Waals surface area contributed by atoms with E-state index in [2.05, 4.69) is 50.0 Å². The molecule has 4 heterocycles. The molecule has 1 fully saturated rings. The van der Waals surface area contributed by atoms with Gasteiger partial charge in [-0.05, 0) is 68.9 Å². The lowest BCUT2D eigenvalue weighted by molar-refractivity contribution is -0.116. The Hall–Kier alpha value is -3.56. The third-order valence-corrected chi connectivity index (χ3v) is 7.62. The fourth-order valence-corrected chi connectivity index (χ4v) is 5.86. The molecule has 184 valence electrons. The van der Waals surface area contributed by atoms with E-state index >= 15 is 0 Å². The van der Waals surface area contributed by atoms with Crippen molar-refractivity contribution in [1.29, 1.82) is 0 Å². The summed E-state index contributed by atoms with van der Waals surface area (Å²) in [6.45, 7) is 6.71. The van der Waals surface area contributed by atoms with Crippen LogP contribution in [0.3, 0.4) is 0 Å². The third kappa shape index (κ3) is 4.76. The van der Waals surface area contributed by atoms with E-state index in [1.54, 1.807) is 17.5 Å². The lowest BCUT2D eigenvalue weighted by atomic mass is 9.96. The van der Waals surface area contributed by atoms with Gasteiger partial charge in [-0.2, -0.15) is 0 Å². The molecule has 9 heteroatoms. The van der Waals surface area contributed by atoms with Crippen molar-refractivity contribution in [2.45, 2.75) is 39.3 Å². The Labute approximate surface area is 220 Å². The van der Waals surface area contributed by atoms with Crippen LogP contribution in [0.2, 0.25) is 0 Å². The van der Waals surface area contributed by atoms with Crippen LogP contribution in [0.5, 0.6) is 0 Å². The van der Waals surface area contributed by atoms with Gasteiger partial charge in [-0.15, -0.1) is 11.3 Å². The number of thiocarbonyl (C=S) groups is 1. The summed E-state index contributed by atoms with van der Waals surface area (Å²) < 4.78 is 2.18. The molecule has 1 aromatic carbocycles. The average molecular weight is 517 g/mol. The third-order valence-electron chi connectivity index (χ3n) is 6.51. The van der Waals surface area contributed by atoms with E-state index in [9.17, 15) is 4.79 Å². The number of carbonyl (C=O) groups is 1. The molecule has 2 atom stereocenters. The smallest absolute Gasteiger partial charge is 0.226 e. The first-order valence-corrected chi connectivity index (χ1v) is 13.1. The molecule has 36 heavy (non-hydrogen) atoms.